The Morgan fingerprint density at radius 2 is 1.74 bits per heavy atom. The zero-order valence-corrected chi connectivity index (χ0v) is 18.9. The first-order valence-corrected chi connectivity index (χ1v) is 10.8. The summed E-state index contributed by atoms with van der Waals surface area (Å²) in [7, 11) is 0. The predicted octanol–water partition coefficient (Wildman–Crippen LogP) is 5.98. The van der Waals surface area contributed by atoms with Gasteiger partial charge in [-0.25, -0.2) is 0 Å². The molecule has 0 aliphatic heterocycles. The summed E-state index contributed by atoms with van der Waals surface area (Å²) < 4.78 is 81.2. The molecular formula is C24H14F6N6O2. The molecule has 0 atom stereocenters. The minimum Gasteiger partial charge on any atom is -0.329 e. The monoisotopic (exact) mass is 532 g/mol. The molecule has 0 saturated carbocycles. The second-order valence-corrected chi connectivity index (χ2v) is 8.05. The van der Waals surface area contributed by atoms with Crippen LogP contribution in [0.25, 0.3) is 33.4 Å². The third-order valence-electron chi connectivity index (χ3n) is 5.38. The summed E-state index contributed by atoms with van der Waals surface area (Å²) in [5.74, 6) is -2.29. The molecule has 0 unspecified atom stereocenters. The van der Waals surface area contributed by atoms with E-state index >= 15 is 0 Å². The number of alkyl halides is 6. The number of fused-ring (bicyclic) bond motifs is 1. The number of carbonyl (C=O) groups is 1. The fraction of sp³-hybridized carbons (Fsp3) is 0.125. The van der Waals surface area contributed by atoms with E-state index in [2.05, 4.69) is 30.1 Å². The first kappa shape index (κ1) is 24.9. The van der Waals surface area contributed by atoms with Crippen LogP contribution in [0.3, 0.4) is 0 Å². The number of hydrogen-bond donors (Lipinski definition) is 1. The molecule has 0 aliphatic carbocycles. The molecule has 5 aromatic rings. The van der Waals surface area contributed by atoms with Gasteiger partial charge in [-0.05, 0) is 29.8 Å². The Hall–Kier alpha value is -4.75. The van der Waals surface area contributed by atoms with Crippen molar-refractivity contribution in [2.45, 2.75) is 18.9 Å². The van der Waals surface area contributed by atoms with Gasteiger partial charge >= 0.3 is 18.2 Å². The number of carbonyl (C=O) groups excluding carboxylic acids is 1. The molecule has 1 N–H and O–H groups in total. The Morgan fingerprint density at radius 3 is 2.42 bits per heavy atom. The second-order valence-electron chi connectivity index (χ2n) is 8.05. The van der Waals surface area contributed by atoms with Crippen LogP contribution >= 0.6 is 0 Å². The van der Waals surface area contributed by atoms with Crippen molar-refractivity contribution < 1.29 is 35.7 Å². The van der Waals surface area contributed by atoms with Crippen LogP contribution in [0, 0.1) is 0 Å². The predicted molar refractivity (Wildman–Crippen MR) is 122 cm³/mol. The zero-order chi connectivity index (χ0) is 27.1. The average Bonchev–Trinajstić information content (AvgIpc) is 3.53. The lowest BCUT2D eigenvalue weighted by Crippen LogP contribution is -2.17. The van der Waals surface area contributed by atoms with Gasteiger partial charge in [0, 0.05) is 34.5 Å². The molecule has 0 bridgehead atoms. The first-order valence-electron chi connectivity index (χ1n) is 10.8. The number of amides is 1. The second kappa shape index (κ2) is 9.28. The topological polar surface area (TPSA) is 98.7 Å². The van der Waals surface area contributed by atoms with Gasteiger partial charge in [-0.3, -0.25) is 14.5 Å². The Morgan fingerprint density at radius 1 is 0.974 bits per heavy atom. The summed E-state index contributed by atoms with van der Waals surface area (Å²) in [6.45, 7) is -1.23. The summed E-state index contributed by atoms with van der Waals surface area (Å²) >= 11 is 0. The smallest absolute Gasteiger partial charge is 0.329 e. The van der Waals surface area contributed by atoms with Crippen LogP contribution in [0.4, 0.5) is 32.0 Å². The van der Waals surface area contributed by atoms with Crippen LogP contribution in [-0.2, 0) is 12.7 Å². The molecule has 1 amide bonds. The molecule has 3 aromatic heterocycles. The maximum absolute atomic E-state index is 12.9. The number of benzene rings is 2. The van der Waals surface area contributed by atoms with Crippen LogP contribution in [0.5, 0.6) is 0 Å². The molecule has 2 aromatic carbocycles. The standard InChI is InChI=1S/C24H14F6N6O2/c25-23(26,27)12-36-11-15(10-32-36)16-8-9-31-19-17(16)2-1-3-18(19)33-21(37)14-6-4-13(5-7-14)20-34-22(38-35-20)24(28,29)30/h1-11H,12H2,(H,33,37). The van der Waals surface area contributed by atoms with Crippen molar-refractivity contribution in [3.63, 3.8) is 0 Å². The highest BCUT2D eigenvalue weighted by Gasteiger charge is 2.38. The molecular weight excluding hydrogens is 518 g/mol. The lowest BCUT2D eigenvalue weighted by atomic mass is 10.0. The molecule has 194 valence electrons. The molecule has 0 aliphatic rings. The van der Waals surface area contributed by atoms with E-state index in [9.17, 15) is 31.1 Å². The van der Waals surface area contributed by atoms with E-state index in [1.165, 1.54) is 42.9 Å². The minimum atomic E-state index is -4.78. The van der Waals surface area contributed by atoms with Gasteiger partial charge in [0.2, 0.25) is 5.82 Å². The fourth-order valence-electron chi connectivity index (χ4n) is 3.72. The molecule has 38 heavy (non-hydrogen) atoms. The third-order valence-corrected chi connectivity index (χ3v) is 5.38. The number of aromatic nitrogens is 5. The number of pyridine rings is 1. The van der Waals surface area contributed by atoms with Gasteiger partial charge in [0.15, 0.2) is 0 Å². The average molecular weight is 532 g/mol. The molecule has 0 spiro atoms. The summed E-state index contributed by atoms with van der Waals surface area (Å²) in [4.78, 5) is 20.5. The normalized spacial score (nSPS) is 12.2. The summed E-state index contributed by atoms with van der Waals surface area (Å²) in [5, 5.41) is 10.4. The zero-order valence-electron chi connectivity index (χ0n) is 18.9. The molecule has 14 heteroatoms. The van der Waals surface area contributed by atoms with Gasteiger partial charge < -0.3 is 9.84 Å². The largest absolute Gasteiger partial charge is 0.471 e. The summed E-state index contributed by atoms with van der Waals surface area (Å²) in [6.07, 6.45) is -5.15. The van der Waals surface area contributed by atoms with Crippen LogP contribution in [0.2, 0.25) is 0 Å². The highest BCUT2D eigenvalue weighted by atomic mass is 19.4. The van der Waals surface area contributed by atoms with Crippen molar-refractivity contribution in [1.82, 2.24) is 24.9 Å². The van der Waals surface area contributed by atoms with Gasteiger partial charge in [0.05, 0.1) is 17.4 Å². The Labute approximate surface area is 208 Å². The number of hydrogen-bond acceptors (Lipinski definition) is 6. The highest BCUT2D eigenvalue weighted by Crippen LogP contribution is 2.32. The Balaban J connectivity index is 1.38. The number of para-hydroxylation sites is 1. The van der Waals surface area contributed by atoms with Gasteiger partial charge in [-0.2, -0.15) is 36.4 Å². The van der Waals surface area contributed by atoms with Gasteiger partial charge in [0.25, 0.3) is 5.91 Å². The molecule has 5 rings (SSSR count). The van der Waals surface area contributed by atoms with Crippen molar-refractivity contribution >= 4 is 22.5 Å². The minimum absolute atomic E-state index is 0.190. The summed E-state index contributed by atoms with van der Waals surface area (Å²) in [5.41, 5.74) is 2.15. The molecule has 0 fully saturated rings. The number of rotatable bonds is 5. The van der Waals surface area contributed by atoms with Crippen molar-refractivity contribution in [3.8, 4) is 22.5 Å². The maximum Gasteiger partial charge on any atom is 0.471 e. The van der Waals surface area contributed by atoms with E-state index in [0.29, 0.717) is 27.7 Å². The Kier molecular flexibility index (Phi) is 6.09. The molecule has 0 saturated heterocycles. The van der Waals surface area contributed by atoms with Crippen molar-refractivity contribution in [3.05, 3.63) is 78.6 Å². The number of nitrogens with zero attached hydrogens (tertiary/aromatic N) is 5. The Bertz CT molecular complexity index is 1620. The van der Waals surface area contributed by atoms with E-state index in [1.807, 2.05) is 0 Å². The van der Waals surface area contributed by atoms with Crippen LogP contribution in [0.15, 0.2) is 71.6 Å². The van der Waals surface area contributed by atoms with Crippen molar-refractivity contribution in [1.29, 1.82) is 0 Å². The van der Waals surface area contributed by atoms with Gasteiger partial charge in [0.1, 0.15) is 6.54 Å². The van der Waals surface area contributed by atoms with E-state index < -0.39 is 30.7 Å². The van der Waals surface area contributed by atoms with E-state index in [1.54, 1.807) is 24.3 Å². The SMILES string of the molecule is O=C(Nc1cccc2c(-c3cnn(CC(F)(F)F)c3)ccnc12)c1ccc(-c2noc(C(F)(F)F)n2)cc1. The quantitative estimate of drug-likeness (QED) is 0.280. The number of halogens is 6. The molecule has 0 radical (unpaired) electrons. The highest BCUT2D eigenvalue weighted by molar-refractivity contribution is 6.10. The lowest BCUT2D eigenvalue weighted by Gasteiger charge is -2.11. The summed E-state index contributed by atoms with van der Waals surface area (Å²) in [6, 6.07) is 12.1. The number of nitrogens with one attached hydrogen (secondary N) is 1. The van der Waals surface area contributed by atoms with E-state index in [0.717, 1.165) is 4.68 Å². The van der Waals surface area contributed by atoms with Crippen LogP contribution in [0.1, 0.15) is 16.2 Å². The van der Waals surface area contributed by atoms with E-state index in [-0.39, 0.29) is 17.0 Å². The maximum atomic E-state index is 12.9. The van der Waals surface area contributed by atoms with Crippen LogP contribution < -0.4 is 5.32 Å². The molecule has 8 nitrogen and oxygen atoms in total. The van der Waals surface area contributed by atoms with Gasteiger partial charge in [-0.1, -0.05) is 29.4 Å². The van der Waals surface area contributed by atoms with Crippen LogP contribution in [-0.4, -0.2) is 37.0 Å². The molecule has 3 heterocycles. The third kappa shape index (κ3) is 5.19. The van der Waals surface area contributed by atoms with Crippen molar-refractivity contribution in [2.24, 2.45) is 0 Å². The fourth-order valence-corrected chi connectivity index (χ4v) is 3.72. The number of anilines is 1. The van der Waals surface area contributed by atoms with Gasteiger partial charge in [-0.15, -0.1) is 0 Å². The van der Waals surface area contributed by atoms with E-state index in [4.69, 9.17) is 0 Å². The van der Waals surface area contributed by atoms with Crippen molar-refractivity contribution in [2.75, 3.05) is 5.32 Å². The first-order chi connectivity index (χ1) is 18.0. The lowest BCUT2D eigenvalue weighted by molar-refractivity contribution is -0.159.